The van der Waals surface area contributed by atoms with E-state index in [4.69, 9.17) is 4.74 Å². The molecule has 0 aliphatic carbocycles. The van der Waals surface area contributed by atoms with Gasteiger partial charge in [-0.25, -0.2) is 4.79 Å². The second kappa shape index (κ2) is 5.57. The molecule has 92 valence electrons. The number of carbonyl (C=O) groups excluding carboxylic acids is 1. The molecule has 4 heteroatoms. The number of hydrogen-bond acceptors (Lipinski definition) is 2. The fourth-order valence-corrected chi connectivity index (χ4v) is 1.96. The standard InChI is InChI=1S/C13H18N2O2/c1-2-14-13(16)15-9-8-12(10-15)17-11-6-4-3-5-7-11/h3-7,12H,2,8-10H2,1H3,(H,14,16). The number of carbonyl (C=O) groups is 1. The summed E-state index contributed by atoms with van der Waals surface area (Å²) >= 11 is 0. The summed E-state index contributed by atoms with van der Waals surface area (Å²) in [7, 11) is 0. The molecule has 1 aliphatic heterocycles. The number of amides is 2. The first-order chi connectivity index (χ1) is 8.29. The number of rotatable bonds is 3. The van der Waals surface area contributed by atoms with Crippen LogP contribution in [0, 0.1) is 0 Å². The normalized spacial score (nSPS) is 19.1. The minimum Gasteiger partial charge on any atom is -0.489 e. The summed E-state index contributed by atoms with van der Waals surface area (Å²) in [5.74, 6) is 0.871. The predicted molar refractivity (Wildman–Crippen MR) is 66.1 cm³/mol. The van der Waals surface area contributed by atoms with E-state index in [-0.39, 0.29) is 12.1 Å². The van der Waals surface area contributed by atoms with Crippen molar-refractivity contribution >= 4 is 6.03 Å². The molecular weight excluding hydrogens is 216 g/mol. The third kappa shape index (κ3) is 3.12. The Morgan fingerprint density at radius 2 is 2.24 bits per heavy atom. The van der Waals surface area contributed by atoms with Crippen molar-refractivity contribution in [2.75, 3.05) is 19.6 Å². The number of nitrogens with zero attached hydrogens (tertiary/aromatic N) is 1. The Kier molecular flexibility index (Phi) is 3.85. The van der Waals surface area contributed by atoms with Crippen molar-refractivity contribution in [3.05, 3.63) is 30.3 Å². The third-order valence-corrected chi connectivity index (χ3v) is 2.81. The highest BCUT2D eigenvalue weighted by molar-refractivity contribution is 5.74. The summed E-state index contributed by atoms with van der Waals surface area (Å²) in [5.41, 5.74) is 0. The van der Waals surface area contributed by atoms with Gasteiger partial charge in [-0.2, -0.15) is 0 Å². The Hall–Kier alpha value is -1.71. The van der Waals surface area contributed by atoms with Gasteiger partial charge in [0.05, 0.1) is 6.54 Å². The van der Waals surface area contributed by atoms with Gasteiger partial charge in [0.1, 0.15) is 11.9 Å². The molecule has 0 radical (unpaired) electrons. The number of hydrogen-bond donors (Lipinski definition) is 1. The van der Waals surface area contributed by atoms with Crippen LogP contribution in [0.3, 0.4) is 0 Å². The number of urea groups is 1. The zero-order valence-corrected chi connectivity index (χ0v) is 10.1. The number of ether oxygens (including phenoxy) is 1. The van der Waals surface area contributed by atoms with Crippen molar-refractivity contribution in [1.29, 1.82) is 0 Å². The van der Waals surface area contributed by atoms with Crippen LogP contribution in [0.5, 0.6) is 5.75 Å². The molecule has 4 nitrogen and oxygen atoms in total. The number of nitrogens with one attached hydrogen (secondary N) is 1. The van der Waals surface area contributed by atoms with E-state index in [2.05, 4.69) is 5.32 Å². The Labute approximate surface area is 102 Å². The monoisotopic (exact) mass is 234 g/mol. The molecule has 0 saturated carbocycles. The Morgan fingerprint density at radius 3 is 2.94 bits per heavy atom. The van der Waals surface area contributed by atoms with Crippen molar-refractivity contribution < 1.29 is 9.53 Å². The second-order valence-corrected chi connectivity index (χ2v) is 4.12. The van der Waals surface area contributed by atoms with Gasteiger partial charge in [-0.05, 0) is 19.1 Å². The molecule has 2 amide bonds. The van der Waals surface area contributed by atoms with E-state index in [0.717, 1.165) is 18.7 Å². The summed E-state index contributed by atoms with van der Waals surface area (Å²) in [6, 6.07) is 9.75. The van der Waals surface area contributed by atoms with Crippen LogP contribution in [0.2, 0.25) is 0 Å². The minimum absolute atomic E-state index is 0.00617. The van der Waals surface area contributed by atoms with Gasteiger partial charge in [0, 0.05) is 19.5 Å². The highest BCUT2D eigenvalue weighted by Crippen LogP contribution is 2.17. The summed E-state index contributed by atoms with van der Waals surface area (Å²) in [6.45, 7) is 4.02. The highest BCUT2D eigenvalue weighted by Gasteiger charge is 2.27. The van der Waals surface area contributed by atoms with Crippen molar-refractivity contribution in [3.8, 4) is 5.75 Å². The number of benzene rings is 1. The van der Waals surface area contributed by atoms with E-state index in [1.165, 1.54) is 0 Å². The molecule has 17 heavy (non-hydrogen) atoms. The molecule has 1 fully saturated rings. The van der Waals surface area contributed by atoms with Crippen LogP contribution in [0.15, 0.2) is 30.3 Å². The summed E-state index contributed by atoms with van der Waals surface area (Å²) in [6.07, 6.45) is 1.01. The lowest BCUT2D eigenvalue weighted by Crippen LogP contribution is -2.39. The maximum atomic E-state index is 11.6. The molecule has 1 aromatic rings. The average molecular weight is 234 g/mol. The molecule has 0 bridgehead atoms. The van der Waals surface area contributed by atoms with Gasteiger partial charge in [-0.3, -0.25) is 0 Å². The van der Waals surface area contributed by atoms with Crippen LogP contribution in [-0.2, 0) is 0 Å². The van der Waals surface area contributed by atoms with E-state index in [1.807, 2.05) is 37.3 Å². The number of likely N-dealkylation sites (tertiary alicyclic amines) is 1. The smallest absolute Gasteiger partial charge is 0.317 e. The number of para-hydroxylation sites is 1. The van der Waals surface area contributed by atoms with Crippen LogP contribution in [0.4, 0.5) is 4.79 Å². The van der Waals surface area contributed by atoms with E-state index < -0.39 is 0 Å². The van der Waals surface area contributed by atoms with Crippen molar-refractivity contribution in [2.45, 2.75) is 19.4 Å². The zero-order chi connectivity index (χ0) is 12.1. The fourth-order valence-electron chi connectivity index (χ4n) is 1.96. The molecule has 1 heterocycles. The van der Waals surface area contributed by atoms with Gasteiger partial charge >= 0.3 is 6.03 Å². The maximum absolute atomic E-state index is 11.6. The van der Waals surface area contributed by atoms with Crippen LogP contribution in [0.25, 0.3) is 0 Å². The second-order valence-electron chi connectivity index (χ2n) is 4.12. The van der Waals surface area contributed by atoms with Gasteiger partial charge in [0.15, 0.2) is 0 Å². The lowest BCUT2D eigenvalue weighted by atomic mass is 10.3. The predicted octanol–water partition coefficient (Wildman–Crippen LogP) is 1.87. The molecule has 0 aromatic heterocycles. The fraction of sp³-hybridized carbons (Fsp3) is 0.462. The largest absolute Gasteiger partial charge is 0.489 e. The molecule has 1 N–H and O–H groups in total. The first-order valence-corrected chi connectivity index (χ1v) is 6.04. The van der Waals surface area contributed by atoms with Crippen LogP contribution in [0.1, 0.15) is 13.3 Å². The van der Waals surface area contributed by atoms with Crippen molar-refractivity contribution in [2.24, 2.45) is 0 Å². The molecule has 1 saturated heterocycles. The third-order valence-electron chi connectivity index (χ3n) is 2.81. The maximum Gasteiger partial charge on any atom is 0.317 e. The lowest BCUT2D eigenvalue weighted by molar-refractivity contribution is 0.187. The molecule has 1 atom stereocenters. The zero-order valence-electron chi connectivity index (χ0n) is 10.1. The quantitative estimate of drug-likeness (QED) is 0.867. The van der Waals surface area contributed by atoms with Gasteiger partial charge in [-0.1, -0.05) is 18.2 Å². The summed E-state index contributed by atoms with van der Waals surface area (Å²) < 4.78 is 5.81. The van der Waals surface area contributed by atoms with Crippen molar-refractivity contribution in [3.63, 3.8) is 0 Å². The van der Waals surface area contributed by atoms with Crippen LogP contribution >= 0.6 is 0 Å². The van der Waals surface area contributed by atoms with E-state index in [1.54, 1.807) is 4.90 Å². The topological polar surface area (TPSA) is 41.6 Å². The van der Waals surface area contributed by atoms with E-state index in [0.29, 0.717) is 13.1 Å². The lowest BCUT2D eigenvalue weighted by Gasteiger charge is -2.17. The van der Waals surface area contributed by atoms with Gasteiger partial charge in [-0.15, -0.1) is 0 Å². The molecule has 1 aliphatic rings. The molecule has 1 unspecified atom stereocenters. The van der Waals surface area contributed by atoms with Crippen LogP contribution in [-0.4, -0.2) is 36.7 Å². The van der Waals surface area contributed by atoms with E-state index >= 15 is 0 Å². The highest BCUT2D eigenvalue weighted by atomic mass is 16.5. The SMILES string of the molecule is CCNC(=O)N1CCC(Oc2ccccc2)C1. The summed E-state index contributed by atoms with van der Waals surface area (Å²) in [4.78, 5) is 13.4. The van der Waals surface area contributed by atoms with Gasteiger partial charge < -0.3 is 15.0 Å². The molecule has 0 spiro atoms. The molecule has 1 aromatic carbocycles. The van der Waals surface area contributed by atoms with E-state index in [9.17, 15) is 4.79 Å². The first-order valence-electron chi connectivity index (χ1n) is 6.04. The Morgan fingerprint density at radius 1 is 1.47 bits per heavy atom. The Balaban J connectivity index is 1.84. The molecular formula is C13H18N2O2. The van der Waals surface area contributed by atoms with Gasteiger partial charge in [0.2, 0.25) is 0 Å². The van der Waals surface area contributed by atoms with Gasteiger partial charge in [0.25, 0.3) is 0 Å². The first kappa shape index (κ1) is 11.8. The van der Waals surface area contributed by atoms with Crippen molar-refractivity contribution in [1.82, 2.24) is 10.2 Å². The minimum atomic E-state index is 0.00617. The van der Waals surface area contributed by atoms with Crippen LogP contribution < -0.4 is 10.1 Å². The average Bonchev–Trinajstić information content (AvgIpc) is 2.79. The Bertz CT molecular complexity index is 367. The molecule has 2 rings (SSSR count). The summed E-state index contributed by atoms with van der Waals surface area (Å²) in [5, 5.41) is 2.80.